The number of rotatable bonds is 7. The molecule has 0 atom stereocenters. The van der Waals surface area contributed by atoms with Crippen molar-refractivity contribution in [2.24, 2.45) is 0 Å². The first-order valence-corrected chi connectivity index (χ1v) is 11.3. The standard InChI is InChI=1S/C25H22ClN3OS/c1-18-27-14-15-29(18)23-10-4-19(5-11-23)16-28-25(30)21-6-2-20(3-7-21)17-31-24-12-8-22(26)9-13-24/h2-15H,16-17H2,1H3,(H,28,30). The summed E-state index contributed by atoms with van der Waals surface area (Å²) in [6.45, 7) is 2.45. The van der Waals surface area contributed by atoms with Crippen LogP contribution in [0.15, 0.2) is 90.1 Å². The summed E-state index contributed by atoms with van der Waals surface area (Å²) in [5.74, 6) is 1.70. The van der Waals surface area contributed by atoms with Crippen LogP contribution >= 0.6 is 23.4 Å². The summed E-state index contributed by atoms with van der Waals surface area (Å²) in [5.41, 5.74) is 3.93. The first-order chi connectivity index (χ1) is 15.1. The number of benzene rings is 3. The molecule has 3 aromatic carbocycles. The second-order valence-corrected chi connectivity index (χ2v) is 8.62. The Morgan fingerprint density at radius 3 is 2.29 bits per heavy atom. The SMILES string of the molecule is Cc1nccn1-c1ccc(CNC(=O)c2ccc(CSc3ccc(Cl)cc3)cc2)cc1. The van der Waals surface area contributed by atoms with E-state index in [1.165, 1.54) is 10.5 Å². The topological polar surface area (TPSA) is 46.9 Å². The molecule has 0 saturated carbocycles. The van der Waals surface area contributed by atoms with Gasteiger partial charge in [0, 0.05) is 45.9 Å². The van der Waals surface area contributed by atoms with Crippen molar-refractivity contribution in [3.05, 3.63) is 113 Å². The van der Waals surface area contributed by atoms with E-state index in [1.807, 2.05) is 90.5 Å². The minimum Gasteiger partial charge on any atom is -0.348 e. The molecule has 6 heteroatoms. The molecule has 0 spiro atoms. The highest BCUT2D eigenvalue weighted by Gasteiger charge is 2.06. The number of nitrogens with zero attached hydrogens (tertiary/aromatic N) is 2. The molecule has 0 radical (unpaired) electrons. The predicted molar refractivity (Wildman–Crippen MR) is 127 cm³/mol. The number of aryl methyl sites for hydroxylation is 1. The van der Waals surface area contributed by atoms with Crippen LogP contribution in [0.5, 0.6) is 0 Å². The first-order valence-electron chi connectivity index (χ1n) is 9.93. The third-order valence-electron chi connectivity index (χ3n) is 4.93. The maximum absolute atomic E-state index is 12.5. The van der Waals surface area contributed by atoms with Gasteiger partial charge in [-0.3, -0.25) is 4.79 Å². The van der Waals surface area contributed by atoms with E-state index in [0.717, 1.165) is 27.9 Å². The molecule has 4 nitrogen and oxygen atoms in total. The number of imidazole rings is 1. The summed E-state index contributed by atoms with van der Waals surface area (Å²) in [5, 5.41) is 3.73. The number of hydrogen-bond acceptors (Lipinski definition) is 3. The molecule has 4 aromatic rings. The van der Waals surface area contributed by atoms with Gasteiger partial charge in [0.1, 0.15) is 5.82 Å². The Morgan fingerprint density at radius 2 is 1.65 bits per heavy atom. The Bertz CT molecular complexity index is 1150. The number of carbonyl (C=O) groups is 1. The van der Waals surface area contributed by atoms with Crippen LogP contribution in [-0.4, -0.2) is 15.5 Å². The number of carbonyl (C=O) groups excluding carboxylic acids is 1. The van der Waals surface area contributed by atoms with E-state index in [9.17, 15) is 4.79 Å². The van der Waals surface area contributed by atoms with E-state index in [0.29, 0.717) is 12.1 Å². The summed E-state index contributed by atoms with van der Waals surface area (Å²) in [7, 11) is 0. The van der Waals surface area contributed by atoms with Gasteiger partial charge in [-0.1, -0.05) is 35.9 Å². The molecule has 0 aliphatic rings. The molecular formula is C25H22ClN3OS. The molecule has 0 bridgehead atoms. The lowest BCUT2D eigenvalue weighted by molar-refractivity contribution is 0.0951. The summed E-state index contributed by atoms with van der Waals surface area (Å²) in [6.07, 6.45) is 3.72. The van der Waals surface area contributed by atoms with E-state index in [4.69, 9.17) is 11.6 Å². The first kappa shape index (κ1) is 21.2. The van der Waals surface area contributed by atoms with Crippen molar-refractivity contribution >= 4 is 29.3 Å². The normalized spacial score (nSPS) is 10.8. The Balaban J connectivity index is 1.29. The minimum absolute atomic E-state index is 0.0774. The van der Waals surface area contributed by atoms with Crippen molar-refractivity contribution in [1.29, 1.82) is 0 Å². The fraction of sp³-hybridized carbons (Fsp3) is 0.120. The number of halogens is 1. The molecule has 1 aromatic heterocycles. The molecule has 0 aliphatic carbocycles. The Hall–Kier alpha value is -3.02. The van der Waals surface area contributed by atoms with Gasteiger partial charge >= 0.3 is 0 Å². The van der Waals surface area contributed by atoms with Gasteiger partial charge < -0.3 is 9.88 Å². The highest BCUT2D eigenvalue weighted by molar-refractivity contribution is 7.98. The molecular weight excluding hydrogens is 426 g/mol. The number of aromatic nitrogens is 2. The van der Waals surface area contributed by atoms with Gasteiger partial charge in [0.25, 0.3) is 5.91 Å². The predicted octanol–water partition coefficient (Wildman–Crippen LogP) is 6.06. The highest BCUT2D eigenvalue weighted by Crippen LogP contribution is 2.24. The van der Waals surface area contributed by atoms with Gasteiger partial charge in [-0.15, -0.1) is 11.8 Å². The number of nitrogens with one attached hydrogen (secondary N) is 1. The summed E-state index contributed by atoms with van der Waals surface area (Å²) >= 11 is 7.66. The molecule has 1 heterocycles. The molecule has 0 fully saturated rings. The van der Waals surface area contributed by atoms with Gasteiger partial charge in [0.2, 0.25) is 0 Å². The summed E-state index contributed by atoms with van der Waals surface area (Å²) in [4.78, 5) is 17.9. The van der Waals surface area contributed by atoms with Crippen LogP contribution in [0.3, 0.4) is 0 Å². The molecule has 0 saturated heterocycles. The van der Waals surface area contributed by atoms with Crippen molar-refractivity contribution in [3.63, 3.8) is 0 Å². The molecule has 0 aliphatic heterocycles. The zero-order valence-electron chi connectivity index (χ0n) is 17.1. The second-order valence-electron chi connectivity index (χ2n) is 7.13. The van der Waals surface area contributed by atoms with Crippen LogP contribution < -0.4 is 5.32 Å². The maximum atomic E-state index is 12.5. The zero-order valence-corrected chi connectivity index (χ0v) is 18.7. The molecule has 0 unspecified atom stereocenters. The van der Waals surface area contributed by atoms with E-state index in [2.05, 4.69) is 10.3 Å². The van der Waals surface area contributed by atoms with Crippen LogP contribution in [0.25, 0.3) is 5.69 Å². The summed E-state index contributed by atoms with van der Waals surface area (Å²) in [6, 6.07) is 23.7. The van der Waals surface area contributed by atoms with Crippen molar-refractivity contribution in [2.45, 2.75) is 24.1 Å². The van der Waals surface area contributed by atoms with E-state index in [1.54, 1.807) is 18.0 Å². The quantitative estimate of drug-likeness (QED) is 0.350. The Kier molecular flexibility index (Phi) is 6.75. The fourth-order valence-electron chi connectivity index (χ4n) is 3.16. The number of amides is 1. The van der Waals surface area contributed by atoms with Crippen LogP contribution in [0, 0.1) is 6.92 Å². The lowest BCUT2D eigenvalue weighted by atomic mass is 10.1. The van der Waals surface area contributed by atoms with Crippen LogP contribution in [0.1, 0.15) is 27.3 Å². The van der Waals surface area contributed by atoms with Crippen LogP contribution in [0.2, 0.25) is 5.02 Å². The lowest BCUT2D eigenvalue weighted by Crippen LogP contribution is -2.22. The van der Waals surface area contributed by atoms with Gasteiger partial charge in [-0.05, 0) is 66.6 Å². The summed E-state index contributed by atoms with van der Waals surface area (Å²) < 4.78 is 2.02. The largest absolute Gasteiger partial charge is 0.348 e. The highest BCUT2D eigenvalue weighted by atomic mass is 35.5. The third kappa shape index (κ3) is 5.57. The van der Waals surface area contributed by atoms with Gasteiger partial charge in [0.05, 0.1) is 0 Å². The van der Waals surface area contributed by atoms with Gasteiger partial charge in [-0.2, -0.15) is 0 Å². The monoisotopic (exact) mass is 447 g/mol. The minimum atomic E-state index is -0.0774. The number of hydrogen-bond donors (Lipinski definition) is 1. The lowest BCUT2D eigenvalue weighted by Gasteiger charge is -2.09. The maximum Gasteiger partial charge on any atom is 0.251 e. The van der Waals surface area contributed by atoms with E-state index < -0.39 is 0 Å². The molecule has 156 valence electrons. The van der Waals surface area contributed by atoms with Crippen molar-refractivity contribution in [1.82, 2.24) is 14.9 Å². The van der Waals surface area contributed by atoms with Crippen LogP contribution in [-0.2, 0) is 12.3 Å². The molecule has 4 rings (SSSR count). The van der Waals surface area contributed by atoms with Crippen molar-refractivity contribution in [3.8, 4) is 5.69 Å². The third-order valence-corrected chi connectivity index (χ3v) is 6.26. The van der Waals surface area contributed by atoms with E-state index in [-0.39, 0.29) is 5.91 Å². The van der Waals surface area contributed by atoms with Crippen molar-refractivity contribution in [2.75, 3.05) is 0 Å². The van der Waals surface area contributed by atoms with Gasteiger partial charge in [-0.25, -0.2) is 4.98 Å². The van der Waals surface area contributed by atoms with Crippen LogP contribution in [0.4, 0.5) is 0 Å². The van der Waals surface area contributed by atoms with Crippen molar-refractivity contribution < 1.29 is 4.79 Å². The second kappa shape index (κ2) is 9.86. The smallest absolute Gasteiger partial charge is 0.251 e. The van der Waals surface area contributed by atoms with Gasteiger partial charge in [0.15, 0.2) is 0 Å². The fourth-order valence-corrected chi connectivity index (χ4v) is 4.14. The Morgan fingerprint density at radius 1 is 0.968 bits per heavy atom. The van der Waals surface area contributed by atoms with E-state index >= 15 is 0 Å². The molecule has 1 amide bonds. The zero-order chi connectivity index (χ0) is 21.6. The average molecular weight is 448 g/mol. The number of thioether (sulfide) groups is 1. The molecule has 31 heavy (non-hydrogen) atoms. The Labute approximate surface area is 191 Å². The average Bonchev–Trinajstić information content (AvgIpc) is 3.23. The molecule has 1 N–H and O–H groups in total.